The van der Waals surface area contributed by atoms with Gasteiger partial charge in [-0.2, -0.15) is 0 Å². The number of anilines is 1. The molecule has 2 aromatic rings. The summed E-state index contributed by atoms with van der Waals surface area (Å²) in [6.07, 6.45) is 0. The molecule has 1 amide bonds. The van der Waals surface area contributed by atoms with Gasteiger partial charge in [0.25, 0.3) is 5.91 Å². The van der Waals surface area contributed by atoms with Crippen LogP contribution in [0.2, 0.25) is 0 Å². The molecule has 0 aromatic heterocycles. The van der Waals surface area contributed by atoms with Crippen molar-refractivity contribution in [1.29, 1.82) is 0 Å². The second kappa shape index (κ2) is 9.43. The minimum atomic E-state index is -0.0210. The number of carbonyl (C=O) groups is 1. The maximum Gasteiger partial charge on any atom is 0.260 e. The lowest BCUT2D eigenvalue weighted by atomic mass is 10.2. The van der Waals surface area contributed by atoms with Crippen LogP contribution >= 0.6 is 0 Å². The first-order valence-corrected chi connectivity index (χ1v) is 9.43. The predicted molar refractivity (Wildman–Crippen MR) is 109 cm³/mol. The molecule has 28 heavy (non-hydrogen) atoms. The summed E-state index contributed by atoms with van der Waals surface area (Å²) in [5, 5.41) is 0. The summed E-state index contributed by atoms with van der Waals surface area (Å²) in [5.74, 6) is 1.12. The number of carbonyl (C=O) groups excluding carboxylic acids is 1. The van der Waals surface area contributed by atoms with E-state index >= 15 is 0 Å². The van der Waals surface area contributed by atoms with E-state index in [1.807, 2.05) is 41.3 Å². The van der Waals surface area contributed by atoms with Gasteiger partial charge in [-0.15, -0.1) is 0 Å². The Morgan fingerprint density at radius 2 is 1.68 bits per heavy atom. The van der Waals surface area contributed by atoms with Gasteiger partial charge < -0.3 is 25.8 Å². The molecule has 0 saturated carbocycles. The van der Waals surface area contributed by atoms with Gasteiger partial charge in [0.05, 0.1) is 7.11 Å². The number of nitrogens with zero attached hydrogens (tertiary/aromatic N) is 2. The molecule has 7 nitrogen and oxygen atoms in total. The number of piperazine rings is 1. The van der Waals surface area contributed by atoms with E-state index < -0.39 is 0 Å². The van der Waals surface area contributed by atoms with E-state index in [2.05, 4.69) is 4.90 Å². The molecule has 1 saturated heterocycles. The average Bonchev–Trinajstić information content (AvgIpc) is 2.74. The second-order valence-electron chi connectivity index (χ2n) is 6.88. The van der Waals surface area contributed by atoms with Gasteiger partial charge in [0.15, 0.2) is 18.1 Å². The van der Waals surface area contributed by atoms with Gasteiger partial charge in [-0.05, 0) is 35.4 Å². The number of ether oxygens (including phenoxy) is 2. The van der Waals surface area contributed by atoms with E-state index in [1.165, 1.54) is 5.56 Å². The highest BCUT2D eigenvalue weighted by Crippen LogP contribution is 2.28. The summed E-state index contributed by atoms with van der Waals surface area (Å²) in [7, 11) is 1.58. The van der Waals surface area contributed by atoms with Crippen LogP contribution in [0.25, 0.3) is 0 Å². The van der Waals surface area contributed by atoms with Crippen molar-refractivity contribution < 1.29 is 14.3 Å². The minimum Gasteiger partial charge on any atom is -0.493 e. The lowest BCUT2D eigenvalue weighted by Crippen LogP contribution is -2.49. The van der Waals surface area contributed by atoms with Crippen molar-refractivity contribution in [1.82, 2.24) is 9.80 Å². The van der Waals surface area contributed by atoms with Crippen LogP contribution in [0.1, 0.15) is 11.1 Å². The van der Waals surface area contributed by atoms with Crippen LogP contribution in [0, 0.1) is 0 Å². The molecule has 1 fully saturated rings. The molecule has 7 heteroatoms. The molecule has 1 aliphatic rings. The average molecular weight is 384 g/mol. The summed E-state index contributed by atoms with van der Waals surface area (Å²) in [4.78, 5) is 16.7. The number of rotatable bonds is 7. The molecule has 0 bridgehead atoms. The standard InChI is InChI=1S/C21H28N4O3/c1-27-19-7-4-17(13-22)12-20(19)28-15-21(26)25-10-8-24(9-11-25)14-16-2-5-18(23)6-3-16/h2-7,12H,8-11,13-15,22-23H2,1H3. The largest absolute Gasteiger partial charge is 0.493 e. The zero-order chi connectivity index (χ0) is 19.9. The zero-order valence-corrected chi connectivity index (χ0v) is 16.3. The van der Waals surface area contributed by atoms with E-state index in [9.17, 15) is 4.79 Å². The number of nitrogen functional groups attached to an aromatic ring is 1. The summed E-state index contributed by atoms with van der Waals surface area (Å²) in [5.41, 5.74) is 14.3. The Balaban J connectivity index is 1.48. The van der Waals surface area contributed by atoms with Crippen LogP contribution in [0.5, 0.6) is 11.5 Å². The molecule has 0 atom stereocenters. The van der Waals surface area contributed by atoms with Crippen molar-refractivity contribution >= 4 is 11.6 Å². The molecule has 1 heterocycles. The third kappa shape index (κ3) is 5.15. The summed E-state index contributed by atoms with van der Waals surface area (Å²) >= 11 is 0. The molecule has 2 aromatic carbocycles. The van der Waals surface area contributed by atoms with Gasteiger partial charge in [0, 0.05) is 45.0 Å². The third-order valence-electron chi connectivity index (χ3n) is 4.93. The lowest BCUT2D eigenvalue weighted by molar-refractivity contribution is -0.135. The normalized spacial score (nSPS) is 14.7. The van der Waals surface area contributed by atoms with Gasteiger partial charge >= 0.3 is 0 Å². The van der Waals surface area contributed by atoms with Crippen LogP contribution in [0.4, 0.5) is 5.69 Å². The first kappa shape index (κ1) is 20.0. The van der Waals surface area contributed by atoms with Crippen molar-refractivity contribution in [3.05, 3.63) is 53.6 Å². The van der Waals surface area contributed by atoms with Crippen molar-refractivity contribution in [2.75, 3.05) is 45.6 Å². The molecule has 0 radical (unpaired) electrons. The Morgan fingerprint density at radius 1 is 1.00 bits per heavy atom. The number of hydrogen-bond acceptors (Lipinski definition) is 6. The fraction of sp³-hybridized carbons (Fsp3) is 0.381. The Labute approximate surface area is 165 Å². The monoisotopic (exact) mass is 384 g/mol. The topological polar surface area (TPSA) is 94.0 Å². The van der Waals surface area contributed by atoms with Crippen molar-refractivity contribution in [2.24, 2.45) is 5.73 Å². The quantitative estimate of drug-likeness (QED) is 0.702. The smallest absolute Gasteiger partial charge is 0.260 e. The van der Waals surface area contributed by atoms with Gasteiger partial charge in [-0.25, -0.2) is 0 Å². The van der Waals surface area contributed by atoms with Gasteiger partial charge in [0.1, 0.15) is 0 Å². The fourth-order valence-corrected chi connectivity index (χ4v) is 3.23. The fourth-order valence-electron chi connectivity index (χ4n) is 3.23. The minimum absolute atomic E-state index is 0.0116. The number of amides is 1. The summed E-state index contributed by atoms with van der Waals surface area (Å²) < 4.78 is 11.0. The first-order chi connectivity index (χ1) is 13.6. The third-order valence-corrected chi connectivity index (χ3v) is 4.93. The zero-order valence-electron chi connectivity index (χ0n) is 16.3. The van der Waals surface area contributed by atoms with Crippen molar-refractivity contribution in [3.8, 4) is 11.5 Å². The van der Waals surface area contributed by atoms with E-state index in [4.69, 9.17) is 20.9 Å². The van der Waals surface area contributed by atoms with Crippen LogP contribution in [-0.2, 0) is 17.9 Å². The molecule has 1 aliphatic heterocycles. The van der Waals surface area contributed by atoms with Crippen LogP contribution in [0.15, 0.2) is 42.5 Å². The lowest BCUT2D eigenvalue weighted by Gasteiger charge is -2.34. The molecular weight excluding hydrogens is 356 g/mol. The van der Waals surface area contributed by atoms with Gasteiger partial charge in [0.2, 0.25) is 0 Å². The molecule has 3 rings (SSSR count). The Morgan fingerprint density at radius 3 is 2.32 bits per heavy atom. The van der Waals surface area contributed by atoms with Gasteiger partial charge in [-0.1, -0.05) is 18.2 Å². The highest BCUT2D eigenvalue weighted by Gasteiger charge is 2.22. The Hall–Kier alpha value is -2.77. The number of benzene rings is 2. The first-order valence-electron chi connectivity index (χ1n) is 9.43. The highest BCUT2D eigenvalue weighted by molar-refractivity contribution is 5.78. The Kier molecular flexibility index (Phi) is 6.73. The molecule has 4 N–H and O–H groups in total. The van der Waals surface area contributed by atoms with Crippen LogP contribution in [0.3, 0.4) is 0 Å². The number of nitrogens with two attached hydrogens (primary N) is 2. The maximum absolute atomic E-state index is 12.5. The number of hydrogen-bond donors (Lipinski definition) is 2. The summed E-state index contributed by atoms with van der Waals surface area (Å²) in [6.45, 7) is 4.31. The molecule has 0 aliphatic carbocycles. The van der Waals surface area contributed by atoms with E-state index in [1.54, 1.807) is 13.2 Å². The molecule has 150 valence electrons. The summed E-state index contributed by atoms with van der Waals surface area (Å²) in [6, 6.07) is 13.4. The predicted octanol–water partition coefficient (Wildman–Crippen LogP) is 1.46. The second-order valence-corrected chi connectivity index (χ2v) is 6.88. The van der Waals surface area contributed by atoms with E-state index in [0.29, 0.717) is 31.1 Å². The van der Waals surface area contributed by atoms with Crippen LogP contribution in [-0.4, -0.2) is 55.6 Å². The van der Waals surface area contributed by atoms with Crippen molar-refractivity contribution in [2.45, 2.75) is 13.1 Å². The molecule has 0 spiro atoms. The maximum atomic E-state index is 12.5. The molecular formula is C21H28N4O3. The van der Waals surface area contributed by atoms with Crippen molar-refractivity contribution in [3.63, 3.8) is 0 Å². The number of methoxy groups -OCH3 is 1. The SMILES string of the molecule is COc1ccc(CN)cc1OCC(=O)N1CCN(Cc2ccc(N)cc2)CC1. The highest BCUT2D eigenvalue weighted by atomic mass is 16.5. The molecule has 0 unspecified atom stereocenters. The van der Waals surface area contributed by atoms with Crippen LogP contribution < -0.4 is 20.9 Å². The van der Waals surface area contributed by atoms with E-state index in [0.717, 1.165) is 30.9 Å². The Bertz CT molecular complexity index is 787. The van der Waals surface area contributed by atoms with Gasteiger partial charge in [-0.3, -0.25) is 9.69 Å². The van der Waals surface area contributed by atoms with E-state index in [-0.39, 0.29) is 12.5 Å².